The van der Waals surface area contributed by atoms with Crippen LogP contribution in [0.25, 0.3) is 0 Å². The van der Waals surface area contributed by atoms with E-state index in [0.29, 0.717) is 5.56 Å². The zero-order valence-corrected chi connectivity index (χ0v) is 10.7. The van der Waals surface area contributed by atoms with Crippen LogP contribution < -0.4 is 0 Å². The Morgan fingerprint density at radius 1 is 1.25 bits per heavy atom. The van der Waals surface area contributed by atoms with Crippen molar-refractivity contribution in [1.82, 2.24) is 0 Å². The van der Waals surface area contributed by atoms with Crippen molar-refractivity contribution in [3.8, 4) is 0 Å². The molecule has 0 aliphatic rings. The molecular weight excluding hydrogens is 272 g/mol. The molecule has 2 unspecified atom stereocenters. The van der Waals surface area contributed by atoms with Gasteiger partial charge in [0, 0.05) is 5.56 Å². The maximum atomic E-state index is 12.0. The molecule has 0 aliphatic carbocycles. The molecule has 0 radical (unpaired) electrons. The second kappa shape index (κ2) is 5.80. The first-order valence-electron chi connectivity index (χ1n) is 4.89. The summed E-state index contributed by atoms with van der Waals surface area (Å²) in [7, 11) is 1.31. The topological polar surface area (TPSA) is 43.4 Å². The molecule has 0 saturated carbocycles. The lowest BCUT2D eigenvalue weighted by Gasteiger charge is -2.14. The van der Waals surface area contributed by atoms with E-state index < -0.39 is 16.7 Å². The third kappa shape index (κ3) is 2.92. The molecule has 16 heavy (non-hydrogen) atoms. The van der Waals surface area contributed by atoms with Crippen molar-refractivity contribution in [3.63, 3.8) is 0 Å². The van der Waals surface area contributed by atoms with Crippen molar-refractivity contribution in [2.75, 3.05) is 7.11 Å². The summed E-state index contributed by atoms with van der Waals surface area (Å²) in [6, 6.07) is 8.86. The third-order valence-corrected chi connectivity index (χ3v) is 3.53. The van der Waals surface area contributed by atoms with E-state index in [4.69, 9.17) is 0 Å². The minimum Gasteiger partial charge on any atom is -0.469 e. The average molecular weight is 285 g/mol. The van der Waals surface area contributed by atoms with E-state index in [9.17, 15) is 9.59 Å². The van der Waals surface area contributed by atoms with Crippen LogP contribution in [0.5, 0.6) is 0 Å². The van der Waals surface area contributed by atoms with Crippen LogP contribution in [0.15, 0.2) is 30.3 Å². The Morgan fingerprint density at radius 2 is 1.81 bits per heavy atom. The van der Waals surface area contributed by atoms with Crippen LogP contribution in [0.2, 0.25) is 0 Å². The van der Waals surface area contributed by atoms with Gasteiger partial charge in [-0.15, -0.1) is 0 Å². The Bertz CT molecular complexity index is 375. The fourth-order valence-electron chi connectivity index (χ4n) is 1.29. The Balaban J connectivity index is 2.79. The highest BCUT2D eigenvalue weighted by molar-refractivity contribution is 9.10. The lowest BCUT2D eigenvalue weighted by atomic mass is 10.00. The van der Waals surface area contributed by atoms with Crippen molar-refractivity contribution in [2.24, 2.45) is 5.92 Å². The summed E-state index contributed by atoms with van der Waals surface area (Å²) in [6.45, 7) is 1.66. The van der Waals surface area contributed by atoms with Crippen molar-refractivity contribution >= 4 is 27.7 Å². The van der Waals surface area contributed by atoms with Crippen LogP contribution in [0, 0.1) is 5.92 Å². The monoisotopic (exact) mass is 284 g/mol. The van der Waals surface area contributed by atoms with E-state index in [-0.39, 0.29) is 5.78 Å². The van der Waals surface area contributed by atoms with Crippen LogP contribution in [-0.2, 0) is 9.53 Å². The van der Waals surface area contributed by atoms with Gasteiger partial charge in [0.1, 0.15) is 0 Å². The molecule has 2 atom stereocenters. The second-order valence-corrected chi connectivity index (χ2v) is 4.43. The number of benzene rings is 1. The summed E-state index contributed by atoms with van der Waals surface area (Å²) in [5.41, 5.74) is 0.583. The van der Waals surface area contributed by atoms with E-state index in [2.05, 4.69) is 20.7 Å². The first-order valence-corrected chi connectivity index (χ1v) is 5.80. The van der Waals surface area contributed by atoms with E-state index in [1.54, 1.807) is 31.2 Å². The quantitative estimate of drug-likeness (QED) is 0.485. The van der Waals surface area contributed by atoms with E-state index in [1.807, 2.05) is 6.07 Å². The van der Waals surface area contributed by atoms with E-state index >= 15 is 0 Å². The number of esters is 1. The van der Waals surface area contributed by atoms with Gasteiger partial charge in [0.2, 0.25) is 0 Å². The lowest BCUT2D eigenvalue weighted by molar-refractivity contribution is -0.144. The number of carbonyl (C=O) groups excluding carboxylic acids is 2. The number of methoxy groups -OCH3 is 1. The molecule has 0 aliphatic heterocycles. The van der Waals surface area contributed by atoms with E-state index in [0.717, 1.165) is 0 Å². The van der Waals surface area contributed by atoms with Gasteiger partial charge < -0.3 is 4.74 Å². The zero-order valence-electron chi connectivity index (χ0n) is 9.14. The summed E-state index contributed by atoms with van der Waals surface area (Å²) in [5.74, 6) is -1.01. The minimum absolute atomic E-state index is 0.112. The standard InChI is InChI=1S/C12H13BrO3/c1-8(12(15)16-2)10(13)11(14)9-6-4-3-5-7-9/h3-8,10H,1-2H3. The third-order valence-electron chi connectivity index (χ3n) is 2.32. The van der Waals surface area contributed by atoms with Crippen LogP contribution in [0.1, 0.15) is 17.3 Å². The maximum absolute atomic E-state index is 12.0. The van der Waals surface area contributed by atoms with Gasteiger partial charge in [-0.05, 0) is 0 Å². The molecule has 0 heterocycles. The smallest absolute Gasteiger partial charge is 0.309 e. The zero-order chi connectivity index (χ0) is 12.1. The number of hydrogen-bond acceptors (Lipinski definition) is 3. The Labute approximate surface area is 103 Å². The molecule has 3 nitrogen and oxygen atoms in total. The van der Waals surface area contributed by atoms with Gasteiger partial charge in [0.15, 0.2) is 5.78 Å². The molecule has 1 rings (SSSR count). The number of rotatable bonds is 4. The van der Waals surface area contributed by atoms with Crippen molar-refractivity contribution in [1.29, 1.82) is 0 Å². The predicted molar refractivity (Wildman–Crippen MR) is 64.7 cm³/mol. The second-order valence-electron chi connectivity index (χ2n) is 3.44. The summed E-state index contributed by atoms with van der Waals surface area (Å²) < 4.78 is 4.60. The number of carbonyl (C=O) groups is 2. The van der Waals surface area contributed by atoms with Gasteiger partial charge in [-0.1, -0.05) is 53.2 Å². The highest BCUT2D eigenvalue weighted by Crippen LogP contribution is 2.19. The molecule has 86 valence electrons. The van der Waals surface area contributed by atoms with Crippen LogP contribution in [0.4, 0.5) is 0 Å². The van der Waals surface area contributed by atoms with E-state index in [1.165, 1.54) is 7.11 Å². The van der Waals surface area contributed by atoms with Crippen LogP contribution in [-0.4, -0.2) is 23.7 Å². The fourth-order valence-corrected chi connectivity index (χ4v) is 1.77. The van der Waals surface area contributed by atoms with Crippen molar-refractivity contribution < 1.29 is 14.3 Å². The first kappa shape index (κ1) is 12.9. The molecular formula is C12H13BrO3. The van der Waals surface area contributed by atoms with Gasteiger partial charge in [0.25, 0.3) is 0 Å². The van der Waals surface area contributed by atoms with Gasteiger partial charge in [0.05, 0.1) is 17.9 Å². The lowest BCUT2D eigenvalue weighted by Crippen LogP contribution is -2.29. The van der Waals surface area contributed by atoms with Gasteiger partial charge in [-0.3, -0.25) is 9.59 Å². The van der Waals surface area contributed by atoms with Crippen LogP contribution >= 0.6 is 15.9 Å². The SMILES string of the molecule is COC(=O)C(C)C(Br)C(=O)c1ccccc1. The fraction of sp³-hybridized carbons (Fsp3) is 0.333. The molecule has 1 aromatic rings. The number of halogens is 1. The molecule has 1 aromatic carbocycles. The summed E-state index contributed by atoms with van der Waals surface area (Å²) in [5, 5.41) is 0. The molecule has 0 spiro atoms. The number of hydrogen-bond donors (Lipinski definition) is 0. The highest BCUT2D eigenvalue weighted by atomic mass is 79.9. The van der Waals surface area contributed by atoms with Crippen molar-refractivity contribution in [3.05, 3.63) is 35.9 Å². The highest BCUT2D eigenvalue weighted by Gasteiger charge is 2.28. The Hall–Kier alpha value is -1.16. The summed E-state index contributed by atoms with van der Waals surface area (Å²) >= 11 is 3.24. The van der Waals surface area contributed by atoms with Gasteiger partial charge >= 0.3 is 5.97 Å². The molecule has 0 fully saturated rings. The number of ether oxygens (including phenoxy) is 1. The average Bonchev–Trinajstić information content (AvgIpc) is 2.36. The molecule has 0 aromatic heterocycles. The number of Topliss-reactive ketones (excluding diaryl/α,β-unsaturated/α-hetero) is 1. The predicted octanol–water partition coefficient (Wildman–Crippen LogP) is 2.44. The number of alkyl halides is 1. The summed E-state index contributed by atoms with van der Waals surface area (Å²) in [6.07, 6.45) is 0. The van der Waals surface area contributed by atoms with Crippen LogP contribution in [0.3, 0.4) is 0 Å². The maximum Gasteiger partial charge on any atom is 0.309 e. The molecule has 0 saturated heterocycles. The Kier molecular flexibility index (Phi) is 4.68. The van der Waals surface area contributed by atoms with Gasteiger partial charge in [-0.25, -0.2) is 0 Å². The first-order chi connectivity index (χ1) is 7.57. The van der Waals surface area contributed by atoms with Crippen molar-refractivity contribution in [2.45, 2.75) is 11.8 Å². The summed E-state index contributed by atoms with van der Waals surface area (Å²) in [4.78, 5) is 22.7. The molecule has 0 amide bonds. The number of ketones is 1. The largest absolute Gasteiger partial charge is 0.469 e. The molecule has 0 N–H and O–H groups in total. The molecule has 4 heteroatoms. The normalized spacial score (nSPS) is 13.9. The molecule has 0 bridgehead atoms. The van der Waals surface area contributed by atoms with Gasteiger partial charge in [-0.2, -0.15) is 0 Å². The Morgan fingerprint density at radius 3 is 2.31 bits per heavy atom. The minimum atomic E-state index is -0.553.